The van der Waals surface area contributed by atoms with Gasteiger partial charge in [0.1, 0.15) is 6.54 Å². The van der Waals surface area contributed by atoms with Gasteiger partial charge in [-0.2, -0.15) is 4.99 Å². The topological polar surface area (TPSA) is 138 Å². The molecule has 1 aromatic heterocycles. The first-order valence-electron chi connectivity index (χ1n) is 8.34. The van der Waals surface area contributed by atoms with E-state index in [1.807, 2.05) is 0 Å². The molecule has 0 aliphatic rings. The molecule has 0 unspecified atom stereocenters. The Hall–Kier alpha value is -3.38. The van der Waals surface area contributed by atoms with E-state index in [0.717, 1.165) is 17.6 Å². The van der Waals surface area contributed by atoms with Gasteiger partial charge in [-0.25, -0.2) is 8.42 Å². The van der Waals surface area contributed by atoms with Crippen LogP contribution in [-0.4, -0.2) is 43.2 Å². The molecule has 30 heavy (non-hydrogen) atoms. The van der Waals surface area contributed by atoms with Crippen LogP contribution in [0.1, 0.15) is 10.4 Å². The van der Waals surface area contributed by atoms with Crippen molar-refractivity contribution < 1.29 is 27.7 Å². The number of thiazole rings is 1. The Kier molecular flexibility index (Phi) is 5.80. The highest BCUT2D eigenvalue weighted by Crippen LogP contribution is 2.24. The number of aromatic nitrogens is 1. The van der Waals surface area contributed by atoms with E-state index in [4.69, 9.17) is 0 Å². The Bertz CT molecular complexity index is 1350. The van der Waals surface area contributed by atoms with E-state index in [1.165, 1.54) is 54.1 Å². The average molecular weight is 449 g/mol. The number of rotatable bonds is 5. The summed E-state index contributed by atoms with van der Waals surface area (Å²) < 4.78 is 30.5. The summed E-state index contributed by atoms with van der Waals surface area (Å²) in [5.41, 5.74) is 0.168. The van der Waals surface area contributed by atoms with Gasteiger partial charge in [0.15, 0.2) is 14.6 Å². The number of amides is 1. The van der Waals surface area contributed by atoms with Crippen LogP contribution < -0.4 is 4.80 Å². The van der Waals surface area contributed by atoms with Crippen LogP contribution in [0.4, 0.5) is 5.69 Å². The third-order valence-electron chi connectivity index (χ3n) is 4.11. The number of carbonyl (C=O) groups is 2. The van der Waals surface area contributed by atoms with Crippen molar-refractivity contribution in [2.45, 2.75) is 11.4 Å². The lowest BCUT2D eigenvalue weighted by Gasteiger charge is -2.05. The molecule has 0 saturated carbocycles. The normalized spacial score (nSPS) is 12.1. The Labute approximate surface area is 174 Å². The molecule has 0 bridgehead atoms. The van der Waals surface area contributed by atoms with Crippen molar-refractivity contribution in [1.29, 1.82) is 0 Å². The number of benzene rings is 2. The molecule has 3 rings (SSSR count). The Morgan fingerprint density at radius 2 is 1.93 bits per heavy atom. The first-order chi connectivity index (χ1) is 14.1. The van der Waals surface area contributed by atoms with Crippen molar-refractivity contribution in [3.8, 4) is 0 Å². The fourth-order valence-corrected chi connectivity index (χ4v) is 4.66. The number of methoxy groups -OCH3 is 1. The molecule has 0 radical (unpaired) electrons. The summed E-state index contributed by atoms with van der Waals surface area (Å²) in [6, 6.07) is 9.66. The third kappa shape index (κ3) is 4.28. The molecule has 0 atom stereocenters. The molecule has 156 valence electrons. The zero-order valence-corrected chi connectivity index (χ0v) is 17.4. The molecular formula is C18H15N3O7S2. The number of carbonyl (C=O) groups excluding carboxylic acids is 2. The summed E-state index contributed by atoms with van der Waals surface area (Å²) in [5, 5.41) is 11.0. The first kappa shape index (κ1) is 21.3. The molecule has 10 nitrogen and oxygen atoms in total. The number of esters is 1. The lowest BCUT2D eigenvalue weighted by atomic mass is 10.2. The SMILES string of the molecule is COC(=O)Cn1c(=NC(=O)c2ccccc2S(C)(=O)=O)sc2cc([N+](=O)[O-])ccc21. The summed E-state index contributed by atoms with van der Waals surface area (Å²) in [5.74, 6) is -1.44. The number of non-ortho nitro benzene ring substituents is 1. The van der Waals surface area contributed by atoms with Gasteiger partial charge in [0.2, 0.25) is 0 Å². The Morgan fingerprint density at radius 1 is 1.23 bits per heavy atom. The summed E-state index contributed by atoms with van der Waals surface area (Å²) in [6.45, 7) is -0.284. The number of nitro groups is 1. The number of ether oxygens (including phenoxy) is 1. The Morgan fingerprint density at radius 3 is 2.57 bits per heavy atom. The van der Waals surface area contributed by atoms with Crippen molar-refractivity contribution in [3.05, 3.63) is 62.9 Å². The Balaban J connectivity index is 2.23. The zero-order chi connectivity index (χ0) is 22.1. The highest BCUT2D eigenvalue weighted by Gasteiger charge is 2.19. The minimum Gasteiger partial charge on any atom is -0.468 e. The van der Waals surface area contributed by atoms with Gasteiger partial charge in [0, 0.05) is 18.4 Å². The lowest BCUT2D eigenvalue weighted by molar-refractivity contribution is -0.384. The highest BCUT2D eigenvalue weighted by molar-refractivity contribution is 7.90. The maximum Gasteiger partial charge on any atom is 0.325 e. The van der Waals surface area contributed by atoms with Gasteiger partial charge in [-0.1, -0.05) is 23.5 Å². The van der Waals surface area contributed by atoms with Gasteiger partial charge in [-0.15, -0.1) is 0 Å². The van der Waals surface area contributed by atoms with E-state index < -0.39 is 26.6 Å². The molecule has 3 aromatic rings. The predicted molar refractivity (Wildman–Crippen MR) is 108 cm³/mol. The number of fused-ring (bicyclic) bond motifs is 1. The van der Waals surface area contributed by atoms with E-state index in [2.05, 4.69) is 9.73 Å². The van der Waals surface area contributed by atoms with Gasteiger partial charge in [0.25, 0.3) is 11.6 Å². The van der Waals surface area contributed by atoms with Crippen molar-refractivity contribution in [3.63, 3.8) is 0 Å². The standard InChI is InChI=1S/C18H15N3O7S2/c1-28-16(22)10-20-13-8-7-11(21(24)25)9-14(13)29-18(20)19-17(23)12-5-3-4-6-15(12)30(2,26)27/h3-9H,10H2,1-2H3. The summed E-state index contributed by atoms with van der Waals surface area (Å²) in [6.07, 6.45) is 0.981. The maximum absolute atomic E-state index is 12.8. The lowest BCUT2D eigenvalue weighted by Crippen LogP contribution is -2.22. The van der Waals surface area contributed by atoms with E-state index in [-0.39, 0.29) is 27.5 Å². The second-order valence-corrected chi connectivity index (χ2v) is 9.13. The highest BCUT2D eigenvalue weighted by atomic mass is 32.2. The molecule has 0 spiro atoms. The molecule has 0 fully saturated rings. The molecule has 0 saturated heterocycles. The van der Waals surface area contributed by atoms with Gasteiger partial charge in [-0.3, -0.25) is 19.7 Å². The monoisotopic (exact) mass is 449 g/mol. The predicted octanol–water partition coefficient (Wildman–Crippen LogP) is 1.93. The number of nitro benzene ring substituents is 1. The average Bonchev–Trinajstić information content (AvgIpc) is 3.03. The van der Waals surface area contributed by atoms with Crippen molar-refractivity contribution in [2.75, 3.05) is 13.4 Å². The third-order valence-corrected chi connectivity index (χ3v) is 6.30. The summed E-state index contributed by atoms with van der Waals surface area (Å²) in [4.78, 5) is 39.0. The molecule has 1 amide bonds. The second kappa shape index (κ2) is 8.16. The van der Waals surface area contributed by atoms with Crippen molar-refractivity contribution in [1.82, 2.24) is 4.57 Å². The van der Waals surface area contributed by atoms with E-state index in [0.29, 0.717) is 10.2 Å². The maximum atomic E-state index is 12.8. The van der Waals surface area contributed by atoms with Crippen LogP contribution >= 0.6 is 11.3 Å². The summed E-state index contributed by atoms with van der Waals surface area (Å²) >= 11 is 0.958. The van der Waals surface area contributed by atoms with Gasteiger partial charge in [-0.05, 0) is 18.2 Å². The number of hydrogen-bond acceptors (Lipinski definition) is 8. The van der Waals surface area contributed by atoms with E-state index in [1.54, 1.807) is 0 Å². The van der Waals surface area contributed by atoms with Crippen molar-refractivity contribution in [2.24, 2.45) is 4.99 Å². The fraction of sp³-hybridized carbons (Fsp3) is 0.167. The molecule has 0 N–H and O–H groups in total. The van der Waals surface area contributed by atoms with Crippen LogP contribution in [-0.2, 0) is 25.9 Å². The number of nitrogens with zero attached hydrogens (tertiary/aromatic N) is 3. The van der Waals surface area contributed by atoms with Crippen molar-refractivity contribution >= 4 is 49.0 Å². The molecule has 0 aliphatic carbocycles. The van der Waals surface area contributed by atoms with Crippen LogP contribution in [0.15, 0.2) is 52.4 Å². The molecule has 1 heterocycles. The van der Waals surface area contributed by atoms with Crippen LogP contribution in [0.25, 0.3) is 10.2 Å². The second-order valence-electron chi connectivity index (χ2n) is 6.14. The van der Waals surface area contributed by atoms with Gasteiger partial charge in [0.05, 0.1) is 32.7 Å². The largest absolute Gasteiger partial charge is 0.468 e. The number of sulfone groups is 1. The summed E-state index contributed by atoms with van der Waals surface area (Å²) in [7, 11) is -2.48. The minimum atomic E-state index is -3.68. The first-order valence-corrected chi connectivity index (χ1v) is 11.1. The van der Waals surface area contributed by atoms with Crippen LogP contribution in [0.3, 0.4) is 0 Å². The quantitative estimate of drug-likeness (QED) is 0.329. The molecule has 12 heteroatoms. The van der Waals surface area contributed by atoms with Crippen LogP contribution in [0.2, 0.25) is 0 Å². The zero-order valence-electron chi connectivity index (χ0n) is 15.8. The van der Waals surface area contributed by atoms with Gasteiger partial charge < -0.3 is 9.30 Å². The smallest absolute Gasteiger partial charge is 0.325 e. The van der Waals surface area contributed by atoms with E-state index >= 15 is 0 Å². The molecule has 0 aliphatic heterocycles. The van der Waals surface area contributed by atoms with Gasteiger partial charge >= 0.3 is 5.97 Å². The number of hydrogen-bond donors (Lipinski definition) is 0. The van der Waals surface area contributed by atoms with Crippen LogP contribution in [0, 0.1) is 10.1 Å². The fourth-order valence-electron chi connectivity index (χ4n) is 2.72. The van der Waals surface area contributed by atoms with E-state index in [9.17, 15) is 28.1 Å². The molecule has 2 aromatic carbocycles. The van der Waals surface area contributed by atoms with Crippen LogP contribution in [0.5, 0.6) is 0 Å². The molecular weight excluding hydrogens is 434 g/mol. The minimum absolute atomic E-state index is 0.0733.